The Morgan fingerprint density at radius 3 is 1.00 bits per heavy atom. The van der Waals surface area contributed by atoms with E-state index in [-0.39, 0.29) is 31.1 Å². The Kier molecular flexibility index (Phi) is 50.8. The Bertz CT molecular complexity index is 1120. The molecule has 0 spiro atoms. The summed E-state index contributed by atoms with van der Waals surface area (Å²) in [6.45, 7) is 6.50. The summed E-state index contributed by atoms with van der Waals surface area (Å²) in [5.74, 6) is -0.909. The predicted octanol–water partition coefficient (Wildman–Crippen LogP) is 18.3. The second kappa shape index (κ2) is 53.0. The molecule has 1 unspecified atom stereocenters. The number of carbonyl (C=O) groups is 3. The third-order valence-electron chi connectivity index (χ3n) is 12.1. The van der Waals surface area contributed by atoms with Crippen molar-refractivity contribution < 1.29 is 28.6 Å². The van der Waals surface area contributed by atoms with Gasteiger partial charge in [0.1, 0.15) is 13.2 Å². The van der Waals surface area contributed by atoms with Crippen molar-refractivity contribution in [3.63, 3.8) is 0 Å². The normalized spacial score (nSPS) is 12.4. The van der Waals surface area contributed by atoms with Crippen LogP contribution >= 0.6 is 0 Å². The van der Waals surface area contributed by atoms with Gasteiger partial charge >= 0.3 is 17.9 Å². The molecule has 0 saturated carbocycles. The van der Waals surface area contributed by atoms with E-state index in [0.717, 1.165) is 96.3 Å². The van der Waals surface area contributed by atoms with Gasteiger partial charge in [-0.15, -0.1) is 0 Å². The molecule has 1 atom stereocenters. The van der Waals surface area contributed by atoms with Crippen molar-refractivity contribution >= 4 is 17.9 Å². The molecular weight excluding hydrogens is 793 g/mol. The maximum atomic E-state index is 12.8. The van der Waals surface area contributed by atoms with Gasteiger partial charge in [-0.25, -0.2) is 0 Å². The van der Waals surface area contributed by atoms with Crippen molar-refractivity contribution in [2.75, 3.05) is 13.2 Å². The Labute approximate surface area is 397 Å². The first kappa shape index (κ1) is 61.4. The van der Waals surface area contributed by atoms with Crippen LogP contribution in [0.3, 0.4) is 0 Å². The lowest BCUT2D eigenvalue weighted by molar-refractivity contribution is -0.167. The molecule has 64 heavy (non-hydrogen) atoms. The Morgan fingerprint density at radius 2 is 0.625 bits per heavy atom. The monoisotopic (exact) mass is 897 g/mol. The van der Waals surface area contributed by atoms with E-state index < -0.39 is 6.10 Å². The molecule has 372 valence electrons. The van der Waals surface area contributed by atoms with E-state index in [0.29, 0.717) is 19.3 Å². The van der Waals surface area contributed by atoms with Crippen LogP contribution in [0.5, 0.6) is 0 Å². The van der Waals surface area contributed by atoms with Gasteiger partial charge in [-0.2, -0.15) is 0 Å². The van der Waals surface area contributed by atoms with Crippen molar-refractivity contribution in [3.8, 4) is 0 Å². The fourth-order valence-corrected chi connectivity index (χ4v) is 7.97. The van der Waals surface area contributed by atoms with E-state index in [2.05, 4.69) is 69.4 Å². The van der Waals surface area contributed by atoms with Gasteiger partial charge in [0.05, 0.1) is 0 Å². The number of carbonyl (C=O) groups excluding carboxylic acids is 3. The Morgan fingerprint density at radius 1 is 0.328 bits per heavy atom. The van der Waals surface area contributed by atoms with Crippen LogP contribution in [-0.4, -0.2) is 37.2 Å². The number of hydrogen-bond donors (Lipinski definition) is 0. The SMILES string of the molecule is CC/C=C/C=C/C=C/CCCCCCCC(=O)OCC(COC(=O)CCCCCCCCCCCCCCCCCCCCC)OC(=O)CCCCC/C=C/CCCCCCCCC. The van der Waals surface area contributed by atoms with Crippen LogP contribution < -0.4 is 0 Å². The molecule has 0 fully saturated rings. The van der Waals surface area contributed by atoms with E-state index in [1.165, 1.54) is 148 Å². The summed E-state index contributed by atoms with van der Waals surface area (Å²) in [5, 5.41) is 0. The third-order valence-corrected chi connectivity index (χ3v) is 12.1. The lowest BCUT2D eigenvalue weighted by Gasteiger charge is -2.18. The minimum atomic E-state index is -0.786. The van der Waals surface area contributed by atoms with Gasteiger partial charge in [-0.1, -0.05) is 249 Å². The fourth-order valence-electron chi connectivity index (χ4n) is 7.97. The standard InChI is InChI=1S/C58H104O6/c1-4-7-10-13-16-19-22-25-27-28-29-30-31-34-36-39-42-45-48-51-57(60)63-54-55(53-62-56(59)50-47-44-41-38-35-32-24-21-18-15-12-9-6-3)64-58(61)52-49-46-43-40-37-33-26-23-20-17-14-11-8-5-2/h9,12,15,18,21,24,33,37,55H,4-8,10-11,13-14,16-17,19-20,22-23,25-32,34-36,38-54H2,1-3H3/b12-9+,18-15+,24-21+,37-33+. The van der Waals surface area contributed by atoms with Crippen molar-refractivity contribution in [2.24, 2.45) is 0 Å². The summed E-state index contributed by atoms with van der Waals surface area (Å²) in [6, 6.07) is 0. The average Bonchev–Trinajstić information content (AvgIpc) is 3.29. The number of unbranched alkanes of at least 4 members (excludes halogenated alkanes) is 33. The number of rotatable bonds is 50. The van der Waals surface area contributed by atoms with Crippen LogP contribution in [0, 0.1) is 0 Å². The topological polar surface area (TPSA) is 78.9 Å². The average molecular weight is 897 g/mol. The molecule has 0 radical (unpaired) electrons. The van der Waals surface area contributed by atoms with Gasteiger partial charge in [0.15, 0.2) is 6.10 Å². The van der Waals surface area contributed by atoms with Gasteiger partial charge < -0.3 is 14.2 Å². The zero-order chi connectivity index (χ0) is 46.5. The summed E-state index contributed by atoms with van der Waals surface area (Å²) in [6.07, 6.45) is 63.9. The molecule has 0 aromatic carbocycles. The molecule has 6 heteroatoms. The number of ether oxygens (including phenoxy) is 3. The van der Waals surface area contributed by atoms with E-state index in [1.807, 2.05) is 0 Å². The highest BCUT2D eigenvalue weighted by atomic mass is 16.6. The zero-order valence-corrected chi connectivity index (χ0v) is 42.6. The van der Waals surface area contributed by atoms with E-state index in [9.17, 15) is 14.4 Å². The van der Waals surface area contributed by atoms with Crippen molar-refractivity contribution in [1.29, 1.82) is 0 Å². The highest BCUT2D eigenvalue weighted by Crippen LogP contribution is 2.16. The van der Waals surface area contributed by atoms with E-state index in [1.54, 1.807) is 0 Å². The molecule has 0 aromatic heterocycles. The molecule has 6 nitrogen and oxygen atoms in total. The van der Waals surface area contributed by atoms with Gasteiger partial charge in [0.2, 0.25) is 0 Å². The predicted molar refractivity (Wildman–Crippen MR) is 275 cm³/mol. The molecule has 0 aliphatic rings. The molecule has 0 rings (SSSR count). The molecule has 0 amide bonds. The van der Waals surface area contributed by atoms with E-state index in [4.69, 9.17) is 14.2 Å². The van der Waals surface area contributed by atoms with Crippen LogP contribution in [0.1, 0.15) is 284 Å². The quantitative estimate of drug-likeness (QED) is 0.0199. The first-order valence-electron chi connectivity index (χ1n) is 27.7. The van der Waals surface area contributed by atoms with Crippen molar-refractivity contribution in [3.05, 3.63) is 48.6 Å². The summed E-state index contributed by atoms with van der Waals surface area (Å²) >= 11 is 0. The lowest BCUT2D eigenvalue weighted by atomic mass is 10.0. The van der Waals surface area contributed by atoms with Crippen LogP contribution in [0.15, 0.2) is 48.6 Å². The number of hydrogen-bond acceptors (Lipinski definition) is 6. The van der Waals surface area contributed by atoms with Crippen molar-refractivity contribution in [2.45, 2.75) is 290 Å². The first-order valence-corrected chi connectivity index (χ1v) is 27.7. The number of allylic oxidation sites excluding steroid dienone is 8. The third kappa shape index (κ3) is 50.4. The highest BCUT2D eigenvalue weighted by Gasteiger charge is 2.19. The number of esters is 3. The second-order valence-corrected chi connectivity index (χ2v) is 18.5. The summed E-state index contributed by atoms with van der Waals surface area (Å²) in [7, 11) is 0. The summed E-state index contributed by atoms with van der Waals surface area (Å²) in [5.41, 5.74) is 0. The van der Waals surface area contributed by atoms with Gasteiger partial charge in [0, 0.05) is 19.3 Å². The van der Waals surface area contributed by atoms with E-state index >= 15 is 0 Å². The molecule has 0 saturated heterocycles. The largest absolute Gasteiger partial charge is 0.462 e. The van der Waals surface area contributed by atoms with Crippen LogP contribution in [0.25, 0.3) is 0 Å². The van der Waals surface area contributed by atoms with Gasteiger partial charge in [-0.3, -0.25) is 14.4 Å². The maximum absolute atomic E-state index is 12.8. The van der Waals surface area contributed by atoms with Crippen molar-refractivity contribution in [1.82, 2.24) is 0 Å². The fraction of sp³-hybridized carbons (Fsp3) is 0.810. The van der Waals surface area contributed by atoms with Crippen LogP contribution in [0.2, 0.25) is 0 Å². The van der Waals surface area contributed by atoms with Crippen LogP contribution in [-0.2, 0) is 28.6 Å². The molecule has 0 aliphatic heterocycles. The molecular formula is C58H104O6. The van der Waals surface area contributed by atoms with Crippen LogP contribution in [0.4, 0.5) is 0 Å². The molecule has 0 heterocycles. The summed E-state index contributed by atoms with van der Waals surface area (Å²) in [4.78, 5) is 38.0. The van der Waals surface area contributed by atoms with Gasteiger partial charge in [0.25, 0.3) is 0 Å². The molecule has 0 aliphatic carbocycles. The maximum Gasteiger partial charge on any atom is 0.306 e. The Hall–Kier alpha value is -2.63. The summed E-state index contributed by atoms with van der Waals surface area (Å²) < 4.78 is 16.8. The minimum Gasteiger partial charge on any atom is -0.462 e. The molecule has 0 bridgehead atoms. The van der Waals surface area contributed by atoms with Gasteiger partial charge in [-0.05, 0) is 64.2 Å². The Balaban J connectivity index is 4.34. The smallest absolute Gasteiger partial charge is 0.306 e. The zero-order valence-electron chi connectivity index (χ0n) is 42.6. The molecule has 0 aromatic rings. The molecule has 0 N–H and O–H groups in total. The second-order valence-electron chi connectivity index (χ2n) is 18.5. The first-order chi connectivity index (χ1) is 31.5. The minimum absolute atomic E-state index is 0.0831. The lowest BCUT2D eigenvalue weighted by Crippen LogP contribution is -2.30. The highest BCUT2D eigenvalue weighted by molar-refractivity contribution is 5.71.